The van der Waals surface area contributed by atoms with Gasteiger partial charge >= 0.3 is 0 Å². The highest BCUT2D eigenvalue weighted by Gasteiger charge is 2.16. The molecule has 0 aromatic heterocycles. The van der Waals surface area contributed by atoms with Crippen LogP contribution in [-0.4, -0.2) is 28.4 Å². The zero-order valence-electron chi connectivity index (χ0n) is 12.9. The maximum atomic E-state index is 12.1. The first kappa shape index (κ1) is 16.9. The lowest BCUT2D eigenvalue weighted by Gasteiger charge is -2.06. The first-order chi connectivity index (χ1) is 11.6. The summed E-state index contributed by atoms with van der Waals surface area (Å²) in [5.74, 6) is -1.07. The third-order valence-corrected chi connectivity index (χ3v) is 3.05. The second-order valence-corrected chi connectivity index (χ2v) is 4.77. The van der Waals surface area contributed by atoms with Crippen molar-refractivity contribution in [2.24, 2.45) is 10.3 Å². The molecule has 0 spiro atoms. The van der Waals surface area contributed by atoms with Gasteiger partial charge in [-0.25, -0.2) is 5.43 Å². The van der Waals surface area contributed by atoms with Crippen LogP contribution >= 0.6 is 0 Å². The number of hydrogen-bond acceptors (Lipinski definition) is 5. The number of anilines is 1. The summed E-state index contributed by atoms with van der Waals surface area (Å²) in [5.41, 5.74) is 3.04. The van der Waals surface area contributed by atoms with Gasteiger partial charge in [-0.05, 0) is 31.2 Å². The summed E-state index contributed by atoms with van der Waals surface area (Å²) in [4.78, 5) is 24.0. The topological polar surface area (TPSA) is 103 Å². The fourth-order valence-electron chi connectivity index (χ4n) is 1.84. The summed E-state index contributed by atoms with van der Waals surface area (Å²) in [6.07, 6.45) is 0. The molecule has 0 aliphatic rings. The van der Waals surface area contributed by atoms with E-state index >= 15 is 0 Å². The molecule has 0 unspecified atom stereocenters. The number of rotatable bonds is 5. The van der Waals surface area contributed by atoms with E-state index in [0.717, 1.165) is 0 Å². The van der Waals surface area contributed by atoms with Gasteiger partial charge in [0.25, 0.3) is 11.8 Å². The normalized spacial score (nSPS) is 11.7. The maximum Gasteiger partial charge on any atom is 0.279 e. The van der Waals surface area contributed by atoms with Crippen LogP contribution in [0.5, 0.6) is 0 Å². The molecule has 0 aliphatic heterocycles. The van der Waals surface area contributed by atoms with Crippen LogP contribution in [0.15, 0.2) is 70.9 Å². The first-order valence-corrected chi connectivity index (χ1v) is 7.10. The van der Waals surface area contributed by atoms with E-state index in [0.29, 0.717) is 11.3 Å². The molecule has 3 N–H and O–H groups in total. The number of oxime groups is 1. The van der Waals surface area contributed by atoms with Crippen LogP contribution in [0, 0.1) is 0 Å². The lowest BCUT2D eigenvalue weighted by atomic mass is 10.2. The Hall–Kier alpha value is -3.48. The van der Waals surface area contributed by atoms with Crippen molar-refractivity contribution in [1.82, 2.24) is 5.43 Å². The zero-order valence-corrected chi connectivity index (χ0v) is 12.9. The maximum absolute atomic E-state index is 12.1. The third-order valence-electron chi connectivity index (χ3n) is 3.05. The minimum atomic E-state index is -0.640. The van der Waals surface area contributed by atoms with Crippen molar-refractivity contribution in [2.45, 2.75) is 6.92 Å². The summed E-state index contributed by atoms with van der Waals surface area (Å²) in [6, 6.07) is 17.2. The Morgan fingerprint density at radius 3 is 2.12 bits per heavy atom. The van der Waals surface area contributed by atoms with Crippen LogP contribution in [0.2, 0.25) is 0 Å². The average Bonchev–Trinajstić information content (AvgIpc) is 2.62. The van der Waals surface area contributed by atoms with Gasteiger partial charge in [0.2, 0.25) is 0 Å². The first-order valence-electron chi connectivity index (χ1n) is 7.10. The molecule has 0 saturated carbocycles. The van der Waals surface area contributed by atoms with Gasteiger partial charge in [-0.3, -0.25) is 9.59 Å². The molecule has 0 fully saturated rings. The van der Waals surface area contributed by atoms with Crippen molar-refractivity contribution < 1.29 is 14.8 Å². The van der Waals surface area contributed by atoms with Gasteiger partial charge in [0.1, 0.15) is 0 Å². The molecule has 7 nitrogen and oxygen atoms in total. The Bertz CT molecular complexity index is 771. The third kappa shape index (κ3) is 4.51. The Morgan fingerprint density at radius 1 is 0.958 bits per heavy atom. The van der Waals surface area contributed by atoms with Gasteiger partial charge in [-0.15, -0.1) is 0 Å². The number of hydrogen-bond donors (Lipinski definition) is 3. The Balaban J connectivity index is 2.04. The molecule has 7 heteroatoms. The SMILES string of the molecule is CC(=N\NC(=O)c1ccccc1)/C(=N/O)C(=O)Nc1ccccc1. The number of nitrogens with one attached hydrogen (secondary N) is 2. The van der Waals surface area contributed by atoms with E-state index in [4.69, 9.17) is 5.21 Å². The molecule has 24 heavy (non-hydrogen) atoms. The largest absolute Gasteiger partial charge is 0.410 e. The summed E-state index contributed by atoms with van der Waals surface area (Å²) in [7, 11) is 0. The molecule has 2 aromatic carbocycles. The van der Waals surface area contributed by atoms with Crippen LogP contribution in [0.3, 0.4) is 0 Å². The van der Waals surface area contributed by atoms with Crippen molar-refractivity contribution in [1.29, 1.82) is 0 Å². The Morgan fingerprint density at radius 2 is 1.54 bits per heavy atom. The molecule has 0 saturated heterocycles. The molecule has 0 heterocycles. The Kier molecular flexibility index (Phi) is 5.79. The molecule has 2 rings (SSSR count). The molecule has 0 radical (unpaired) electrons. The molecule has 0 aliphatic carbocycles. The molecule has 2 aromatic rings. The van der Waals surface area contributed by atoms with E-state index in [1.54, 1.807) is 54.6 Å². The summed E-state index contributed by atoms with van der Waals surface area (Å²) < 4.78 is 0. The highest BCUT2D eigenvalue weighted by molar-refractivity contribution is 6.68. The van der Waals surface area contributed by atoms with Gasteiger partial charge in [0.05, 0.1) is 5.71 Å². The molecule has 0 bridgehead atoms. The van der Waals surface area contributed by atoms with E-state index < -0.39 is 11.8 Å². The predicted molar refractivity (Wildman–Crippen MR) is 91.3 cm³/mol. The lowest BCUT2D eigenvalue weighted by molar-refractivity contribution is -0.110. The minimum absolute atomic E-state index is 0.0650. The van der Waals surface area contributed by atoms with Crippen molar-refractivity contribution >= 4 is 28.9 Å². The second kappa shape index (κ2) is 8.23. The second-order valence-electron chi connectivity index (χ2n) is 4.77. The number of para-hydroxylation sites is 1. The number of hydrazone groups is 1. The van der Waals surface area contributed by atoms with Crippen LogP contribution in [0.25, 0.3) is 0 Å². The quantitative estimate of drug-likeness (QED) is 0.446. The minimum Gasteiger partial charge on any atom is -0.410 e. The molecule has 122 valence electrons. The number of carbonyl (C=O) groups excluding carboxylic acids is 2. The van der Waals surface area contributed by atoms with Gasteiger partial charge in [0, 0.05) is 11.3 Å². The number of amides is 2. The van der Waals surface area contributed by atoms with Crippen molar-refractivity contribution in [2.75, 3.05) is 5.32 Å². The van der Waals surface area contributed by atoms with E-state index in [1.807, 2.05) is 6.07 Å². The summed E-state index contributed by atoms with van der Waals surface area (Å²) in [6.45, 7) is 1.45. The van der Waals surface area contributed by atoms with Gasteiger partial charge < -0.3 is 10.5 Å². The van der Waals surface area contributed by atoms with E-state index in [2.05, 4.69) is 21.0 Å². The molecule has 2 amide bonds. The van der Waals surface area contributed by atoms with E-state index in [9.17, 15) is 9.59 Å². The van der Waals surface area contributed by atoms with Crippen molar-refractivity contribution in [3.8, 4) is 0 Å². The monoisotopic (exact) mass is 324 g/mol. The van der Waals surface area contributed by atoms with Crippen LogP contribution in [-0.2, 0) is 4.79 Å². The standard InChI is InChI=1S/C17H16N4O3/c1-12(19-20-16(22)13-8-4-2-5-9-13)15(21-24)17(23)18-14-10-6-3-7-11-14/h2-11,24H,1H3,(H,18,23)(H,20,22)/b19-12+,21-15-. The summed E-state index contributed by atoms with van der Waals surface area (Å²) in [5, 5.41) is 18.4. The van der Waals surface area contributed by atoms with Crippen molar-refractivity contribution in [3.05, 3.63) is 66.2 Å². The Labute approximate surface area is 138 Å². The van der Waals surface area contributed by atoms with Crippen LogP contribution in [0.4, 0.5) is 5.69 Å². The highest BCUT2D eigenvalue weighted by atomic mass is 16.4. The number of carbonyl (C=O) groups is 2. The fraction of sp³-hybridized carbons (Fsp3) is 0.0588. The van der Waals surface area contributed by atoms with Crippen LogP contribution < -0.4 is 10.7 Å². The fourth-order valence-corrected chi connectivity index (χ4v) is 1.84. The van der Waals surface area contributed by atoms with Crippen LogP contribution in [0.1, 0.15) is 17.3 Å². The molecular weight excluding hydrogens is 308 g/mol. The summed E-state index contributed by atoms with van der Waals surface area (Å²) >= 11 is 0. The smallest absolute Gasteiger partial charge is 0.279 e. The average molecular weight is 324 g/mol. The number of benzene rings is 2. The van der Waals surface area contributed by atoms with Crippen molar-refractivity contribution in [3.63, 3.8) is 0 Å². The lowest BCUT2D eigenvalue weighted by Crippen LogP contribution is -2.31. The zero-order chi connectivity index (χ0) is 17.4. The van der Waals surface area contributed by atoms with E-state index in [-0.39, 0.29) is 11.4 Å². The molecule has 0 atom stereocenters. The van der Waals surface area contributed by atoms with E-state index in [1.165, 1.54) is 6.92 Å². The predicted octanol–water partition coefficient (Wildman–Crippen LogP) is 2.26. The van der Waals surface area contributed by atoms with Gasteiger partial charge in [-0.2, -0.15) is 5.10 Å². The highest BCUT2D eigenvalue weighted by Crippen LogP contribution is 2.05. The van der Waals surface area contributed by atoms with Gasteiger partial charge in [-0.1, -0.05) is 41.6 Å². The van der Waals surface area contributed by atoms with Gasteiger partial charge in [0.15, 0.2) is 5.71 Å². The number of nitrogens with zero attached hydrogens (tertiary/aromatic N) is 2. The molecular formula is C17H16N4O3.